The zero-order valence-electron chi connectivity index (χ0n) is 19.8. The Hall–Kier alpha value is -3.07. The van der Waals surface area contributed by atoms with Gasteiger partial charge in [0, 0.05) is 12.6 Å². The van der Waals surface area contributed by atoms with Gasteiger partial charge in [-0.1, -0.05) is 42.5 Å². The van der Waals surface area contributed by atoms with Crippen molar-refractivity contribution in [3.8, 4) is 5.75 Å². The van der Waals surface area contributed by atoms with Crippen LogP contribution in [-0.2, 0) is 26.0 Å². The van der Waals surface area contributed by atoms with Crippen molar-refractivity contribution < 1.29 is 22.7 Å². The van der Waals surface area contributed by atoms with Gasteiger partial charge in [0.05, 0.1) is 19.1 Å². The molecular weight excluding hydrogens is 442 g/mol. The molecule has 1 atom stereocenters. The minimum absolute atomic E-state index is 0.0906. The molecule has 0 fully saturated rings. The summed E-state index contributed by atoms with van der Waals surface area (Å²) >= 11 is 0. The highest BCUT2D eigenvalue weighted by Crippen LogP contribution is 2.29. The first-order valence-corrected chi connectivity index (χ1v) is 12.6. The van der Waals surface area contributed by atoms with Gasteiger partial charge >= 0.3 is 0 Å². The maximum atomic E-state index is 13.4. The maximum Gasteiger partial charge on any atom is 0.244 e. The van der Waals surface area contributed by atoms with Gasteiger partial charge in [-0.25, -0.2) is 8.42 Å². The van der Waals surface area contributed by atoms with Gasteiger partial charge in [0.15, 0.2) is 0 Å². The van der Waals surface area contributed by atoms with E-state index in [0.717, 1.165) is 16.1 Å². The lowest BCUT2D eigenvalue weighted by Crippen LogP contribution is -2.53. The van der Waals surface area contributed by atoms with Crippen molar-refractivity contribution in [2.24, 2.45) is 0 Å². The smallest absolute Gasteiger partial charge is 0.244 e. The highest BCUT2D eigenvalue weighted by molar-refractivity contribution is 7.92. The summed E-state index contributed by atoms with van der Waals surface area (Å²) < 4.78 is 31.5. The third-order valence-electron chi connectivity index (χ3n) is 5.12. The molecule has 33 heavy (non-hydrogen) atoms. The van der Waals surface area contributed by atoms with Crippen LogP contribution < -0.4 is 14.4 Å². The average Bonchev–Trinajstić information content (AvgIpc) is 2.77. The van der Waals surface area contributed by atoms with Crippen LogP contribution in [0.2, 0.25) is 0 Å². The molecular formula is C24H33N3O5S. The molecule has 0 spiro atoms. The Labute approximate surface area is 196 Å². The molecule has 0 aliphatic carbocycles. The summed E-state index contributed by atoms with van der Waals surface area (Å²) in [5.74, 6) is -0.444. The second kappa shape index (κ2) is 11.7. The summed E-state index contributed by atoms with van der Waals surface area (Å²) in [6.45, 7) is 5.14. The lowest BCUT2D eigenvalue weighted by atomic mass is 10.1. The number of carbonyl (C=O) groups excluding carboxylic acids is 2. The van der Waals surface area contributed by atoms with Crippen LogP contribution in [0.1, 0.15) is 26.3 Å². The molecule has 0 saturated carbocycles. The third-order valence-corrected chi connectivity index (χ3v) is 6.24. The first kappa shape index (κ1) is 26.2. The van der Waals surface area contributed by atoms with Crippen LogP contribution in [0.5, 0.6) is 5.75 Å². The zero-order chi connectivity index (χ0) is 24.6. The summed E-state index contributed by atoms with van der Waals surface area (Å²) in [6.07, 6.45) is 1.56. The van der Waals surface area contributed by atoms with Gasteiger partial charge < -0.3 is 15.0 Å². The minimum atomic E-state index is -3.81. The lowest BCUT2D eigenvalue weighted by Gasteiger charge is -2.32. The predicted molar refractivity (Wildman–Crippen MR) is 130 cm³/mol. The van der Waals surface area contributed by atoms with Crippen molar-refractivity contribution in [2.75, 3.05) is 30.8 Å². The fraction of sp³-hybridized carbons (Fsp3) is 0.417. The van der Waals surface area contributed by atoms with Crippen molar-refractivity contribution >= 4 is 27.5 Å². The Morgan fingerprint density at radius 1 is 1.00 bits per heavy atom. The monoisotopic (exact) mass is 475 g/mol. The van der Waals surface area contributed by atoms with E-state index in [1.165, 1.54) is 12.0 Å². The SMILES string of the molecule is COc1ccccc1N(CC(=O)N(CCc1ccccc1)[C@@H](C)C(=O)NC(C)C)S(C)(=O)=O. The number of benzene rings is 2. The van der Waals surface area contributed by atoms with Crippen molar-refractivity contribution in [3.63, 3.8) is 0 Å². The molecule has 0 aromatic heterocycles. The van der Waals surface area contributed by atoms with Crippen LogP contribution in [0.3, 0.4) is 0 Å². The van der Waals surface area contributed by atoms with E-state index >= 15 is 0 Å². The Morgan fingerprint density at radius 3 is 2.18 bits per heavy atom. The van der Waals surface area contributed by atoms with Gasteiger partial charge in [0.25, 0.3) is 0 Å². The van der Waals surface area contributed by atoms with E-state index < -0.39 is 28.5 Å². The Kier molecular flexibility index (Phi) is 9.28. The molecule has 0 heterocycles. The Bertz CT molecular complexity index is 1040. The second-order valence-electron chi connectivity index (χ2n) is 8.10. The number of rotatable bonds is 11. The summed E-state index contributed by atoms with van der Waals surface area (Å²) in [5, 5.41) is 2.82. The van der Waals surface area contributed by atoms with Crippen molar-refractivity contribution in [2.45, 2.75) is 39.3 Å². The lowest BCUT2D eigenvalue weighted by molar-refractivity contribution is -0.139. The van der Waals surface area contributed by atoms with E-state index in [4.69, 9.17) is 4.74 Å². The number of nitrogens with zero attached hydrogens (tertiary/aromatic N) is 2. The van der Waals surface area contributed by atoms with Crippen LogP contribution in [0, 0.1) is 0 Å². The maximum absolute atomic E-state index is 13.4. The van der Waals surface area contributed by atoms with Crippen LogP contribution >= 0.6 is 0 Å². The van der Waals surface area contributed by atoms with Crippen LogP contribution in [0.25, 0.3) is 0 Å². The van der Waals surface area contributed by atoms with Crippen molar-refractivity contribution in [1.29, 1.82) is 0 Å². The Morgan fingerprint density at radius 2 is 1.61 bits per heavy atom. The average molecular weight is 476 g/mol. The van der Waals surface area contributed by atoms with Gasteiger partial charge in [-0.3, -0.25) is 13.9 Å². The molecule has 0 unspecified atom stereocenters. The zero-order valence-corrected chi connectivity index (χ0v) is 20.6. The molecule has 9 heteroatoms. The molecule has 2 aromatic rings. The molecule has 0 saturated heterocycles. The van der Waals surface area contributed by atoms with Crippen LogP contribution in [0.15, 0.2) is 54.6 Å². The van der Waals surface area contributed by atoms with Crippen LogP contribution in [0.4, 0.5) is 5.69 Å². The number of ether oxygens (including phenoxy) is 1. The molecule has 8 nitrogen and oxygen atoms in total. The number of sulfonamides is 1. The number of para-hydroxylation sites is 2. The molecule has 0 radical (unpaired) electrons. The molecule has 1 N–H and O–H groups in total. The van der Waals surface area contributed by atoms with E-state index in [0.29, 0.717) is 12.2 Å². The third kappa shape index (κ3) is 7.49. The van der Waals surface area contributed by atoms with Gasteiger partial charge in [0.2, 0.25) is 21.8 Å². The molecule has 2 aromatic carbocycles. The first-order chi connectivity index (χ1) is 15.5. The molecule has 2 amide bonds. The predicted octanol–water partition coefficient (Wildman–Crippen LogP) is 2.45. The minimum Gasteiger partial charge on any atom is -0.495 e. The fourth-order valence-electron chi connectivity index (χ4n) is 3.41. The number of nitrogens with one attached hydrogen (secondary N) is 1. The quantitative estimate of drug-likeness (QED) is 0.539. The Balaban J connectivity index is 2.34. The number of amides is 2. The second-order valence-corrected chi connectivity index (χ2v) is 10.0. The fourth-order valence-corrected chi connectivity index (χ4v) is 4.26. The van der Waals surface area contributed by atoms with Gasteiger partial charge in [-0.15, -0.1) is 0 Å². The summed E-state index contributed by atoms with van der Waals surface area (Å²) in [7, 11) is -2.37. The highest BCUT2D eigenvalue weighted by atomic mass is 32.2. The van der Waals surface area contributed by atoms with Gasteiger partial charge in [0.1, 0.15) is 18.3 Å². The number of carbonyl (C=O) groups is 2. The molecule has 180 valence electrons. The van der Waals surface area contributed by atoms with E-state index in [9.17, 15) is 18.0 Å². The standard InChI is InChI=1S/C24H33N3O5S/c1-18(2)25-24(29)19(3)26(16-15-20-11-7-6-8-12-20)23(28)17-27(33(5,30)31)21-13-9-10-14-22(21)32-4/h6-14,18-19H,15-17H2,1-5H3,(H,25,29)/t19-/m0/s1. The molecule has 0 aliphatic heterocycles. The number of hydrogen-bond donors (Lipinski definition) is 1. The largest absolute Gasteiger partial charge is 0.495 e. The summed E-state index contributed by atoms with van der Waals surface area (Å²) in [4.78, 5) is 27.6. The topological polar surface area (TPSA) is 96.0 Å². The number of methoxy groups -OCH3 is 1. The molecule has 0 aliphatic rings. The molecule has 2 rings (SSSR count). The van der Waals surface area contributed by atoms with Gasteiger partial charge in [-0.2, -0.15) is 0 Å². The van der Waals surface area contributed by atoms with E-state index in [-0.39, 0.29) is 24.2 Å². The summed E-state index contributed by atoms with van der Waals surface area (Å²) in [6, 6.07) is 15.3. The van der Waals surface area contributed by atoms with E-state index in [2.05, 4.69) is 5.32 Å². The van der Waals surface area contributed by atoms with Gasteiger partial charge in [-0.05, 0) is 44.9 Å². The van der Waals surface area contributed by atoms with Crippen molar-refractivity contribution in [3.05, 3.63) is 60.2 Å². The van der Waals surface area contributed by atoms with Crippen molar-refractivity contribution in [1.82, 2.24) is 10.2 Å². The number of anilines is 1. The number of hydrogen-bond acceptors (Lipinski definition) is 5. The van der Waals surface area contributed by atoms with E-state index in [1.807, 2.05) is 44.2 Å². The van der Waals surface area contributed by atoms with E-state index in [1.54, 1.807) is 31.2 Å². The summed E-state index contributed by atoms with van der Waals surface area (Å²) in [5.41, 5.74) is 1.27. The van der Waals surface area contributed by atoms with Crippen LogP contribution in [-0.4, -0.2) is 63.7 Å². The highest BCUT2D eigenvalue weighted by Gasteiger charge is 2.30. The first-order valence-electron chi connectivity index (χ1n) is 10.8. The molecule has 0 bridgehead atoms. The normalized spacial score (nSPS) is 12.2.